The maximum Gasteiger partial charge on any atom is 0.264 e. The molecule has 1 aliphatic rings. The van der Waals surface area contributed by atoms with Crippen LogP contribution in [0.4, 0.5) is 11.4 Å². The van der Waals surface area contributed by atoms with Gasteiger partial charge in [0.05, 0.1) is 28.9 Å². The van der Waals surface area contributed by atoms with Crippen molar-refractivity contribution in [1.82, 2.24) is 5.32 Å². The summed E-state index contributed by atoms with van der Waals surface area (Å²) in [6.07, 6.45) is 5.22. The minimum Gasteiger partial charge on any atom is -0.496 e. The summed E-state index contributed by atoms with van der Waals surface area (Å²) in [5, 5.41) is 5.83. The summed E-state index contributed by atoms with van der Waals surface area (Å²) < 4.78 is 33.7. The molecule has 4 rings (SSSR count). The lowest BCUT2D eigenvalue weighted by Crippen LogP contribution is -2.39. The highest BCUT2D eigenvalue weighted by Gasteiger charge is 2.28. The Bertz CT molecular complexity index is 1390. The number of carbonyl (C=O) groups is 2. The van der Waals surface area contributed by atoms with Gasteiger partial charge >= 0.3 is 0 Å². The molecular formula is C29H33N3O5S. The Labute approximate surface area is 224 Å². The topological polar surface area (TPSA) is 105 Å². The molecule has 3 aromatic carbocycles. The van der Waals surface area contributed by atoms with E-state index in [0.29, 0.717) is 28.3 Å². The molecule has 8 nitrogen and oxygen atoms in total. The van der Waals surface area contributed by atoms with Gasteiger partial charge in [-0.25, -0.2) is 8.42 Å². The molecular weight excluding hydrogens is 502 g/mol. The number of nitrogens with one attached hydrogen (secondary N) is 2. The van der Waals surface area contributed by atoms with Crippen molar-refractivity contribution in [3.8, 4) is 5.75 Å². The number of hydrogen-bond acceptors (Lipinski definition) is 5. The predicted octanol–water partition coefficient (Wildman–Crippen LogP) is 4.90. The van der Waals surface area contributed by atoms with E-state index in [9.17, 15) is 18.0 Å². The van der Waals surface area contributed by atoms with E-state index in [-0.39, 0.29) is 16.8 Å². The number of nitrogens with zero attached hydrogens (tertiary/aromatic N) is 1. The summed E-state index contributed by atoms with van der Waals surface area (Å²) in [6, 6.07) is 19.9. The number of anilines is 2. The number of amides is 2. The number of hydrogen-bond donors (Lipinski definition) is 2. The van der Waals surface area contributed by atoms with Crippen LogP contribution in [0.25, 0.3) is 0 Å². The third kappa shape index (κ3) is 6.34. The lowest BCUT2D eigenvalue weighted by Gasteiger charge is -2.25. The van der Waals surface area contributed by atoms with Crippen molar-refractivity contribution in [2.24, 2.45) is 0 Å². The third-order valence-electron chi connectivity index (χ3n) is 6.67. The second-order valence-corrected chi connectivity index (χ2v) is 11.2. The van der Waals surface area contributed by atoms with Crippen molar-refractivity contribution in [3.05, 3.63) is 83.9 Å². The standard InChI is InChI=1S/C29H33N3O5S/c1-21-19-24(17-18-27(21)37-2)38(35,36)32(23-13-7-4-8-14-23)20-28(33)31-26-16-10-9-15-25(26)29(34)30-22-11-5-3-6-12-22/h4,7-10,13-19,22H,3,5-6,11-12,20H2,1-2H3,(H,30,34)(H,31,33). The molecule has 0 heterocycles. The Morgan fingerprint density at radius 1 is 0.947 bits per heavy atom. The van der Waals surface area contributed by atoms with Crippen LogP contribution < -0.4 is 19.7 Å². The maximum atomic E-state index is 13.7. The largest absolute Gasteiger partial charge is 0.496 e. The van der Waals surface area contributed by atoms with Crippen molar-refractivity contribution < 1.29 is 22.7 Å². The Morgan fingerprint density at radius 3 is 2.32 bits per heavy atom. The van der Waals surface area contributed by atoms with Gasteiger partial charge in [0, 0.05) is 6.04 Å². The third-order valence-corrected chi connectivity index (χ3v) is 8.44. The first-order valence-corrected chi connectivity index (χ1v) is 14.2. The van der Waals surface area contributed by atoms with Gasteiger partial charge in [0.25, 0.3) is 15.9 Å². The Kier molecular flexibility index (Phi) is 8.68. The highest BCUT2D eigenvalue weighted by Crippen LogP contribution is 2.27. The molecule has 38 heavy (non-hydrogen) atoms. The second kappa shape index (κ2) is 12.1. The first-order chi connectivity index (χ1) is 18.3. The molecule has 0 aromatic heterocycles. The molecule has 2 amide bonds. The highest BCUT2D eigenvalue weighted by molar-refractivity contribution is 7.92. The molecule has 2 N–H and O–H groups in total. The Morgan fingerprint density at radius 2 is 1.63 bits per heavy atom. The van der Waals surface area contributed by atoms with Crippen LogP contribution in [0.2, 0.25) is 0 Å². The minimum absolute atomic E-state index is 0.0414. The zero-order valence-electron chi connectivity index (χ0n) is 21.6. The van der Waals surface area contributed by atoms with Gasteiger partial charge in [-0.2, -0.15) is 0 Å². The van der Waals surface area contributed by atoms with E-state index < -0.39 is 22.5 Å². The molecule has 200 valence electrons. The number of methoxy groups -OCH3 is 1. The van der Waals surface area contributed by atoms with Crippen LogP contribution in [0.5, 0.6) is 5.75 Å². The molecule has 0 aliphatic heterocycles. The van der Waals surface area contributed by atoms with Crippen LogP contribution in [0, 0.1) is 6.92 Å². The maximum absolute atomic E-state index is 13.7. The fraction of sp³-hybridized carbons (Fsp3) is 0.310. The number of benzene rings is 3. The van der Waals surface area contributed by atoms with Gasteiger partial charge in [0.1, 0.15) is 12.3 Å². The number of carbonyl (C=O) groups excluding carboxylic acids is 2. The fourth-order valence-electron chi connectivity index (χ4n) is 4.67. The summed E-state index contributed by atoms with van der Waals surface area (Å²) in [6.45, 7) is 1.28. The molecule has 0 bridgehead atoms. The zero-order chi connectivity index (χ0) is 27.1. The van der Waals surface area contributed by atoms with Gasteiger partial charge < -0.3 is 15.4 Å². The van der Waals surface area contributed by atoms with Crippen molar-refractivity contribution in [2.75, 3.05) is 23.3 Å². The number of ether oxygens (including phenoxy) is 1. The van der Waals surface area contributed by atoms with Crippen LogP contribution in [-0.2, 0) is 14.8 Å². The highest BCUT2D eigenvalue weighted by atomic mass is 32.2. The lowest BCUT2D eigenvalue weighted by molar-refractivity contribution is -0.114. The van der Waals surface area contributed by atoms with Gasteiger partial charge in [-0.1, -0.05) is 49.6 Å². The number of rotatable bonds is 9. The molecule has 1 aliphatic carbocycles. The first-order valence-electron chi connectivity index (χ1n) is 12.7. The number of aryl methyl sites for hydroxylation is 1. The van der Waals surface area contributed by atoms with Crippen molar-refractivity contribution in [1.29, 1.82) is 0 Å². The van der Waals surface area contributed by atoms with E-state index in [2.05, 4.69) is 10.6 Å². The van der Waals surface area contributed by atoms with Gasteiger partial charge in [-0.3, -0.25) is 13.9 Å². The van der Waals surface area contributed by atoms with Gasteiger partial charge in [-0.05, 0) is 67.8 Å². The van der Waals surface area contributed by atoms with Crippen LogP contribution >= 0.6 is 0 Å². The van der Waals surface area contributed by atoms with E-state index in [0.717, 1.165) is 30.0 Å². The van der Waals surface area contributed by atoms with E-state index in [4.69, 9.17) is 4.74 Å². The van der Waals surface area contributed by atoms with E-state index >= 15 is 0 Å². The average molecular weight is 536 g/mol. The molecule has 0 unspecified atom stereocenters. The summed E-state index contributed by atoms with van der Waals surface area (Å²) in [4.78, 5) is 26.3. The fourth-order valence-corrected chi connectivity index (χ4v) is 6.17. The molecule has 3 aromatic rings. The number of para-hydroxylation sites is 2. The Hall–Kier alpha value is -3.85. The minimum atomic E-state index is -4.10. The summed E-state index contributed by atoms with van der Waals surface area (Å²) in [5.74, 6) is -0.259. The smallest absolute Gasteiger partial charge is 0.264 e. The average Bonchev–Trinajstić information content (AvgIpc) is 2.93. The second-order valence-electron chi connectivity index (χ2n) is 9.38. The van der Waals surface area contributed by atoms with Gasteiger partial charge in [0.15, 0.2) is 0 Å². The molecule has 0 spiro atoms. The van der Waals surface area contributed by atoms with Gasteiger partial charge in [0.2, 0.25) is 5.91 Å². The summed E-state index contributed by atoms with van der Waals surface area (Å²) in [5.41, 5.74) is 1.67. The summed E-state index contributed by atoms with van der Waals surface area (Å²) >= 11 is 0. The molecule has 9 heteroatoms. The first kappa shape index (κ1) is 27.2. The number of sulfonamides is 1. The normalized spacial score (nSPS) is 13.9. The van der Waals surface area contributed by atoms with Crippen LogP contribution in [0.3, 0.4) is 0 Å². The predicted molar refractivity (Wildman–Crippen MR) is 148 cm³/mol. The van der Waals surface area contributed by atoms with Crippen molar-refractivity contribution in [2.45, 2.75) is 50.0 Å². The summed E-state index contributed by atoms with van der Waals surface area (Å²) in [7, 11) is -2.58. The molecule has 1 saturated carbocycles. The molecule has 1 fully saturated rings. The molecule has 0 atom stereocenters. The van der Waals surface area contributed by atoms with Crippen LogP contribution in [0.15, 0.2) is 77.7 Å². The van der Waals surface area contributed by atoms with Crippen LogP contribution in [0.1, 0.15) is 48.0 Å². The zero-order valence-corrected chi connectivity index (χ0v) is 22.5. The van der Waals surface area contributed by atoms with E-state index in [1.165, 1.54) is 25.7 Å². The van der Waals surface area contributed by atoms with Crippen molar-refractivity contribution in [3.63, 3.8) is 0 Å². The van der Waals surface area contributed by atoms with Gasteiger partial charge in [-0.15, -0.1) is 0 Å². The molecule has 0 radical (unpaired) electrons. The lowest BCUT2D eigenvalue weighted by atomic mass is 9.95. The quantitative estimate of drug-likeness (QED) is 0.406. The van der Waals surface area contributed by atoms with Crippen molar-refractivity contribution >= 4 is 33.2 Å². The monoisotopic (exact) mass is 535 g/mol. The van der Waals surface area contributed by atoms with E-state index in [1.54, 1.807) is 67.6 Å². The molecule has 0 saturated heterocycles. The van der Waals surface area contributed by atoms with E-state index in [1.807, 2.05) is 0 Å². The Balaban J connectivity index is 1.57. The van der Waals surface area contributed by atoms with Crippen LogP contribution in [-0.4, -0.2) is 39.9 Å². The SMILES string of the molecule is COc1ccc(S(=O)(=O)N(CC(=O)Nc2ccccc2C(=O)NC2CCCCC2)c2ccccc2)cc1C.